The van der Waals surface area contributed by atoms with Crippen LogP contribution >= 0.6 is 0 Å². The number of rotatable bonds is 5. The third-order valence-electron chi connectivity index (χ3n) is 6.97. The summed E-state index contributed by atoms with van der Waals surface area (Å²) in [7, 11) is 0. The molecule has 2 aliphatic rings. The summed E-state index contributed by atoms with van der Waals surface area (Å²) in [5.74, 6) is 3.81. The molecule has 1 atom stereocenters. The van der Waals surface area contributed by atoms with Gasteiger partial charge in [-0.05, 0) is 85.1 Å². The molecule has 1 unspecified atom stereocenters. The van der Waals surface area contributed by atoms with Crippen molar-refractivity contribution in [2.75, 3.05) is 0 Å². The zero-order valence-corrected chi connectivity index (χ0v) is 19.9. The van der Waals surface area contributed by atoms with Crippen molar-refractivity contribution in [3.05, 3.63) is 75.9 Å². The van der Waals surface area contributed by atoms with Crippen LogP contribution in [0, 0.1) is 29.4 Å². The Hall–Kier alpha value is -2.98. The zero-order chi connectivity index (χ0) is 25.9. The van der Waals surface area contributed by atoms with Crippen molar-refractivity contribution in [1.82, 2.24) is 0 Å². The molecular weight excluding hydrogens is 475 g/mol. The fraction of sp³-hybridized carbons (Fsp3) is 0.414. The van der Waals surface area contributed by atoms with Gasteiger partial charge in [-0.2, -0.15) is 0 Å². The van der Waals surface area contributed by atoms with Crippen molar-refractivity contribution in [3.63, 3.8) is 0 Å². The van der Waals surface area contributed by atoms with Gasteiger partial charge in [0.15, 0.2) is 5.78 Å². The molecule has 0 bridgehead atoms. The summed E-state index contributed by atoms with van der Waals surface area (Å²) in [6.07, 6.45) is 3.29. The predicted octanol–water partition coefficient (Wildman–Crippen LogP) is 7.94. The standard InChI is InChI=1S/C29H27F5O2/c1-2-3-4-18-5-9-20(10-6-18)22-16-25(30)24(26(31)17-22)13-8-19-7-12-23-21(15-19)11-14-27(28(23)35)36-29(32,33)34/h7,11-12,14-18,20,27H,2-6,9-10H2,1H3. The van der Waals surface area contributed by atoms with Gasteiger partial charge in [-0.1, -0.05) is 44.1 Å². The molecule has 190 valence electrons. The van der Waals surface area contributed by atoms with Crippen LogP contribution < -0.4 is 0 Å². The number of halogens is 5. The van der Waals surface area contributed by atoms with Gasteiger partial charge in [0.1, 0.15) is 17.7 Å². The van der Waals surface area contributed by atoms with Crippen LogP contribution in [-0.2, 0) is 4.74 Å². The van der Waals surface area contributed by atoms with Crippen molar-refractivity contribution in [1.29, 1.82) is 0 Å². The van der Waals surface area contributed by atoms with Crippen molar-refractivity contribution in [2.24, 2.45) is 5.92 Å². The average molecular weight is 503 g/mol. The largest absolute Gasteiger partial charge is 0.523 e. The van der Waals surface area contributed by atoms with E-state index in [1.165, 1.54) is 55.7 Å². The van der Waals surface area contributed by atoms with E-state index < -0.39 is 29.9 Å². The number of unbranched alkanes of at least 4 members (excludes halogenated alkanes) is 1. The van der Waals surface area contributed by atoms with Crippen LogP contribution in [0.15, 0.2) is 36.4 Å². The van der Waals surface area contributed by atoms with Gasteiger partial charge >= 0.3 is 6.36 Å². The number of carbonyl (C=O) groups excluding carboxylic acids is 1. The van der Waals surface area contributed by atoms with Crippen LogP contribution in [0.3, 0.4) is 0 Å². The molecule has 1 fully saturated rings. The number of alkyl halides is 3. The van der Waals surface area contributed by atoms with Gasteiger partial charge in [0.05, 0.1) is 5.56 Å². The number of fused-ring (bicyclic) bond motifs is 1. The molecular formula is C29H27F5O2. The molecule has 2 aromatic carbocycles. The third-order valence-corrected chi connectivity index (χ3v) is 6.97. The Morgan fingerprint density at radius 3 is 2.33 bits per heavy atom. The highest BCUT2D eigenvalue weighted by Crippen LogP contribution is 2.38. The molecule has 0 aliphatic heterocycles. The molecule has 0 aromatic heterocycles. The smallest absolute Gasteiger partial charge is 0.291 e. The van der Waals surface area contributed by atoms with Crippen LogP contribution in [0.5, 0.6) is 0 Å². The highest BCUT2D eigenvalue weighted by atomic mass is 19.4. The topological polar surface area (TPSA) is 26.3 Å². The Morgan fingerprint density at radius 2 is 1.69 bits per heavy atom. The number of benzene rings is 2. The Morgan fingerprint density at radius 1 is 1.00 bits per heavy atom. The van der Waals surface area contributed by atoms with E-state index >= 15 is 0 Å². The van der Waals surface area contributed by atoms with Crippen LogP contribution in [0.1, 0.15) is 90.4 Å². The van der Waals surface area contributed by atoms with E-state index in [2.05, 4.69) is 23.5 Å². The second-order valence-electron chi connectivity index (χ2n) is 9.48. The zero-order valence-electron chi connectivity index (χ0n) is 19.9. The SMILES string of the molecule is CCCCC1CCC(c2cc(F)c(C#Cc3ccc4c(c3)C=CC(OC(F)(F)F)C4=O)c(F)c2)CC1. The lowest BCUT2D eigenvalue weighted by molar-refractivity contribution is -0.329. The second kappa shape index (κ2) is 11.0. The van der Waals surface area contributed by atoms with Crippen molar-refractivity contribution >= 4 is 11.9 Å². The van der Waals surface area contributed by atoms with E-state index in [4.69, 9.17) is 0 Å². The number of hydrogen-bond acceptors (Lipinski definition) is 2. The first-order valence-corrected chi connectivity index (χ1v) is 12.3. The highest BCUT2D eigenvalue weighted by Gasteiger charge is 2.37. The molecule has 0 radical (unpaired) electrons. The third kappa shape index (κ3) is 6.22. The molecule has 0 saturated heterocycles. The van der Waals surface area contributed by atoms with Crippen molar-refractivity contribution in [2.45, 2.75) is 70.3 Å². The lowest BCUT2D eigenvalue weighted by Gasteiger charge is -2.29. The fourth-order valence-electron chi connectivity index (χ4n) is 5.03. The molecule has 2 nitrogen and oxygen atoms in total. The minimum Gasteiger partial charge on any atom is -0.291 e. The number of ether oxygens (including phenoxy) is 1. The van der Waals surface area contributed by atoms with E-state index in [-0.39, 0.29) is 17.0 Å². The molecule has 36 heavy (non-hydrogen) atoms. The second-order valence-corrected chi connectivity index (χ2v) is 9.48. The van der Waals surface area contributed by atoms with E-state index in [1.54, 1.807) is 0 Å². The minimum absolute atomic E-state index is 0.0587. The van der Waals surface area contributed by atoms with Gasteiger partial charge in [-0.25, -0.2) is 8.78 Å². The first kappa shape index (κ1) is 26.1. The number of ketones is 1. The van der Waals surface area contributed by atoms with Crippen LogP contribution in [0.25, 0.3) is 6.08 Å². The molecule has 2 aliphatic carbocycles. The molecule has 4 rings (SSSR count). The quantitative estimate of drug-likeness (QED) is 0.306. The van der Waals surface area contributed by atoms with Gasteiger partial charge in [0.2, 0.25) is 0 Å². The molecule has 2 aromatic rings. The van der Waals surface area contributed by atoms with Gasteiger partial charge < -0.3 is 0 Å². The summed E-state index contributed by atoms with van der Waals surface area (Å²) in [4.78, 5) is 12.3. The maximum absolute atomic E-state index is 14.8. The molecule has 0 heterocycles. The van der Waals surface area contributed by atoms with Crippen LogP contribution in [0.2, 0.25) is 0 Å². The summed E-state index contributed by atoms with van der Waals surface area (Å²) in [5, 5.41) is 0. The Bertz CT molecular complexity index is 1190. The van der Waals surface area contributed by atoms with Gasteiger partial charge in [-0.3, -0.25) is 9.53 Å². The van der Waals surface area contributed by atoms with E-state index in [0.29, 0.717) is 22.6 Å². The van der Waals surface area contributed by atoms with Gasteiger partial charge in [0, 0.05) is 11.1 Å². The van der Waals surface area contributed by atoms with Crippen LogP contribution in [0.4, 0.5) is 22.0 Å². The Balaban J connectivity index is 1.48. The number of Topliss-reactive ketones (excluding diaryl/α,β-unsaturated/α-hetero) is 1. The maximum Gasteiger partial charge on any atom is 0.523 e. The molecule has 0 amide bonds. The summed E-state index contributed by atoms with van der Waals surface area (Å²) in [6.45, 7) is 2.18. The van der Waals surface area contributed by atoms with Crippen molar-refractivity contribution in [3.8, 4) is 11.8 Å². The lowest BCUT2D eigenvalue weighted by Crippen LogP contribution is -2.31. The predicted molar refractivity (Wildman–Crippen MR) is 127 cm³/mol. The summed E-state index contributed by atoms with van der Waals surface area (Å²) in [6, 6.07) is 7.00. The molecule has 0 spiro atoms. The first-order valence-electron chi connectivity index (χ1n) is 12.3. The van der Waals surface area contributed by atoms with Gasteiger partial charge in [-0.15, -0.1) is 13.2 Å². The highest BCUT2D eigenvalue weighted by molar-refractivity contribution is 6.06. The summed E-state index contributed by atoms with van der Waals surface area (Å²) >= 11 is 0. The van der Waals surface area contributed by atoms with E-state index in [9.17, 15) is 26.7 Å². The average Bonchev–Trinajstić information content (AvgIpc) is 2.83. The van der Waals surface area contributed by atoms with E-state index in [0.717, 1.165) is 31.8 Å². The van der Waals surface area contributed by atoms with Crippen LogP contribution in [-0.4, -0.2) is 18.2 Å². The number of carbonyl (C=O) groups is 1. The molecule has 0 N–H and O–H groups in total. The Labute approximate surface area is 207 Å². The molecule has 7 heteroatoms. The summed E-state index contributed by atoms with van der Waals surface area (Å²) < 4.78 is 70.9. The Kier molecular flexibility index (Phi) is 7.94. The lowest BCUT2D eigenvalue weighted by atomic mass is 9.77. The molecule has 1 saturated carbocycles. The minimum atomic E-state index is -4.94. The summed E-state index contributed by atoms with van der Waals surface area (Å²) in [5.41, 5.74) is 1.12. The van der Waals surface area contributed by atoms with Crippen molar-refractivity contribution < 1.29 is 31.5 Å². The fourth-order valence-corrected chi connectivity index (χ4v) is 5.03. The number of hydrogen-bond donors (Lipinski definition) is 0. The monoisotopic (exact) mass is 502 g/mol. The van der Waals surface area contributed by atoms with E-state index in [1.807, 2.05) is 0 Å². The maximum atomic E-state index is 14.8. The first-order chi connectivity index (χ1) is 17.1. The normalized spacial score (nSPS) is 21.6. The van der Waals surface area contributed by atoms with Gasteiger partial charge in [0.25, 0.3) is 0 Å².